The van der Waals surface area contributed by atoms with Crippen molar-refractivity contribution in [2.45, 2.75) is 25.6 Å². The molecule has 0 spiro atoms. The number of hydrogen-bond donors (Lipinski definition) is 2. The Labute approximate surface area is 122 Å². The van der Waals surface area contributed by atoms with Gasteiger partial charge < -0.3 is 14.9 Å². The van der Waals surface area contributed by atoms with Crippen molar-refractivity contribution < 1.29 is 19.7 Å². The summed E-state index contributed by atoms with van der Waals surface area (Å²) in [5, 5.41) is 29.2. The van der Waals surface area contributed by atoms with Crippen molar-refractivity contribution in [1.29, 1.82) is 5.26 Å². The average molecular weight is 295 g/mol. The Balaban J connectivity index is 2.83. The van der Waals surface area contributed by atoms with E-state index in [4.69, 9.17) is 10.00 Å². The maximum atomic E-state index is 10.8. The van der Waals surface area contributed by atoms with Gasteiger partial charge in [0, 0.05) is 18.2 Å². The summed E-state index contributed by atoms with van der Waals surface area (Å²) >= 11 is 1.09. The number of hydrogen-bond acceptors (Lipinski definition) is 6. The number of thioether (sulfide) groups is 1. The van der Waals surface area contributed by atoms with Crippen LogP contribution in [0.5, 0.6) is 5.75 Å². The van der Waals surface area contributed by atoms with E-state index in [1.807, 2.05) is 6.07 Å². The molecule has 2 N–H and O–H groups in total. The van der Waals surface area contributed by atoms with Gasteiger partial charge >= 0.3 is 0 Å². The number of aliphatic hydroxyl groups is 2. The van der Waals surface area contributed by atoms with Gasteiger partial charge in [0.05, 0.1) is 18.8 Å². The van der Waals surface area contributed by atoms with E-state index in [0.29, 0.717) is 17.1 Å². The van der Waals surface area contributed by atoms with E-state index in [2.05, 4.69) is 0 Å². The molecule has 6 heteroatoms. The van der Waals surface area contributed by atoms with Crippen LogP contribution in [0.2, 0.25) is 0 Å². The van der Waals surface area contributed by atoms with Gasteiger partial charge in [0.2, 0.25) is 0 Å². The first-order chi connectivity index (χ1) is 9.51. The zero-order valence-corrected chi connectivity index (χ0v) is 12.2. The molecule has 0 saturated carbocycles. The smallest absolute Gasteiger partial charge is 0.185 e. The van der Waals surface area contributed by atoms with Gasteiger partial charge in [0.15, 0.2) is 5.12 Å². The second kappa shape index (κ2) is 7.90. The van der Waals surface area contributed by atoms with E-state index in [9.17, 15) is 15.0 Å². The number of ether oxygens (including phenoxy) is 1. The molecule has 0 fully saturated rings. The molecular weight excluding hydrogens is 278 g/mol. The zero-order chi connectivity index (χ0) is 15.1. The van der Waals surface area contributed by atoms with E-state index in [1.165, 1.54) is 14.0 Å². The van der Waals surface area contributed by atoms with Gasteiger partial charge in [0.1, 0.15) is 17.9 Å². The Kier molecular flexibility index (Phi) is 6.52. The normalized spacial score (nSPS) is 13.3. The molecule has 5 nitrogen and oxygen atoms in total. The maximum Gasteiger partial charge on any atom is 0.185 e. The van der Waals surface area contributed by atoms with Gasteiger partial charge in [-0.2, -0.15) is 5.26 Å². The van der Waals surface area contributed by atoms with Crippen LogP contribution in [0.1, 0.15) is 30.6 Å². The predicted octanol–water partition coefficient (Wildman–Crippen LogP) is 1.63. The molecule has 0 saturated heterocycles. The van der Waals surface area contributed by atoms with Crippen molar-refractivity contribution in [3.63, 3.8) is 0 Å². The number of aliphatic hydroxyl groups excluding tert-OH is 2. The quantitative estimate of drug-likeness (QED) is 0.829. The van der Waals surface area contributed by atoms with Crippen LogP contribution in [0.25, 0.3) is 0 Å². The Hall–Kier alpha value is -1.55. The van der Waals surface area contributed by atoms with Crippen LogP contribution >= 0.6 is 11.8 Å². The molecule has 0 bridgehead atoms. The molecule has 20 heavy (non-hydrogen) atoms. The molecule has 2 atom stereocenters. The minimum atomic E-state index is -1.19. The topological polar surface area (TPSA) is 90.5 Å². The lowest BCUT2D eigenvalue weighted by Crippen LogP contribution is -2.20. The minimum Gasteiger partial charge on any atom is -0.495 e. The fourth-order valence-electron chi connectivity index (χ4n) is 1.77. The number of nitriles is 1. The number of nitrogens with zero attached hydrogens (tertiary/aromatic N) is 1. The van der Waals surface area contributed by atoms with Crippen molar-refractivity contribution in [3.8, 4) is 11.8 Å². The van der Waals surface area contributed by atoms with Gasteiger partial charge in [-0.3, -0.25) is 4.79 Å². The Morgan fingerprint density at radius 3 is 2.75 bits per heavy atom. The monoisotopic (exact) mass is 295 g/mol. The van der Waals surface area contributed by atoms with Crippen LogP contribution in [-0.4, -0.2) is 34.3 Å². The van der Waals surface area contributed by atoms with Crippen molar-refractivity contribution in [2.24, 2.45) is 0 Å². The highest BCUT2D eigenvalue weighted by Gasteiger charge is 2.23. The summed E-state index contributed by atoms with van der Waals surface area (Å²) in [4.78, 5) is 10.8. The van der Waals surface area contributed by atoms with Gasteiger partial charge in [-0.1, -0.05) is 23.9 Å². The highest BCUT2D eigenvalue weighted by atomic mass is 32.2. The van der Waals surface area contributed by atoms with E-state index in [0.717, 1.165) is 11.8 Å². The third kappa shape index (κ3) is 4.23. The van der Waals surface area contributed by atoms with Crippen LogP contribution in [0, 0.1) is 11.3 Å². The van der Waals surface area contributed by atoms with E-state index >= 15 is 0 Å². The van der Waals surface area contributed by atoms with E-state index < -0.39 is 12.2 Å². The molecular formula is C14H17NO4S. The number of carbonyl (C=O) groups is 1. The first-order valence-corrected chi connectivity index (χ1v) is 7.06. The number of carbonyl (C=O) groups excluding carboxylic acids is 1. The summed E-state index contributed by atoms with van der Waals surface area (Å²) in [6, 6.07) is 6.81. The first kappa shape index (κ1) is 16.5. The summed E-state index contributed by atoms with van der Waals surface area (Å²) in [5.74, 6) is 0.772. The summed E-state index contributed by atoms with van der Waals surface area (Å²) in [5.41, 5.74) is 0.535. The molecule has 1 rings (SSSR count). The molecule has 0 heterocycles. The lowest BCUT2D eigenvalue weighted by Gasteiger charge is -2.19. The Morgan fingerprint density at radius 1 is 1.50 bits per heavy atom. The number of methoxy groups -OCH3 is 1. The third-order valence-electron chi connectivity index (χ3n) is 2.79. The largest absolute Gasteiger partial charge is 0.495 e. The SMILES string of the molecule is COc1cccc(C(O)C(O)CCSC(C)=O)c1C#N. The maximum absolute atomic E-state index is 10.8. The molecule has 1 aromatic carbocycles. The first-order valence-electron chi connectivity index (χ1n) is 6.07. The highest BCUT2D eigenvalue weighted by molar-refractivity contribution is 8.13. The molecule has 0 amide bonds. The van der Waals surface area contributed by atoms with E-state index in [1.54, 1.807) is 18.2 Å². The highest BCUT2D eigenvalue weighted by Crippen LogP contribution is 2.29. The van der Waals surface area contributed by atoms with Gasteiger partial charge in [0.25, 0.3) is 0 Å². The third-order valence-corrected chi connectivity index (χ3v) is 3.64. The molecule has 0 aliphatic carbocycles. The van der Waals surface area contributed by atoms with Gasteiger partial charge in [-0.15, -0.1) is 0 Å². The van der Waals surface area contributed by atoms with Crippen LogP contribution in [0.15, 0.2) is 18.2 Å². The van der Waals surface area contributed by atoms with Crippen molar-refractivity contribution in [2.75, 3.05) is 12.9 Å². The van der Waals surface area contributed by atoms with Crippen molar-refractivity contribution in [1.82, 2.24) is 0 Å². The summed E-state index contributed by atoms with van der Waals surface area (Å²) in [6.07, 6.45) is -1.97. The lowest BCUT2D eigenvalue weighted by atomic mass is 9.97. The van der Waals surface area contributed by atoms with Crippen LogP contribution < -0.4 is 4.74 Å². The predicted molar refractivity (Wildman–Crippen MR) is 76.4 cm³/mol. The zero-order valence-electron chi connectivity index (χ0n) is 11.4. The number of rotatable bonds is 6. The molecule has 2 unspecified atom stereocenters. The fraction of sp³-hybridized carbons (Fsp3) is 0.429. The Bertz CT molecular complexity index is 512. The van der Waals surface area contributed by atoms with Crippen LogP contribution in [-0.2, 0) is 4.79 Å². The second-order valence-corrected chi connectivity index (χ2v) is 5.45. The number of benzene rings is 1. The summed E-state index contributed by atoms with van der Waals surface area (Å²) in [6.45, 7) is 1.45. The fourth-order valence-corrected chi connectivity index (χ4v) is 2.42. The van der Waals surface area contributed by atoms with Gasteiger partial charge in [-0.05, 0) is 12.5 Å². The summed E-state index contributed by atoms with van der Waals surface area (Å²) < 4.78 is 5.06. The summed E-state index contributed by atoms with van der Waals surface area (Å²) in [7, 11) is 1.44. The molecule has 108 valence electrons. The van der Waals surface area contributed by atoms with Crippen molar-refractivity contribution >= 4 is 16.9 Å². The van der Waals surface area contributed by atoms with Crippen LogP contribution in [0.4, 0.5) is 0 Å². The molecule has 0 aromatic heterocycles. The molecule has 1 aromatic rings. The molecule has 0 radical (unpaired) electrons. The Morgan fingerprint density at radius 2 is 2.20 bits per heavy atom. The van der Waals surface area contributed by atoms with Gasteiger partial charge in [-0.25, -0.2) is 0 Å². The lowest BCUT2D eigenvalue weighted by molar-refractivity contribution is -0.109. The second-order valence-electron chi connectivity index (χ2n) is 4.18. The average Bonchev–Trinajstić information content (AvgIpc) is 2.44. The standard InChI is InChI=1S/C14H17NO4S/c1-9(16)20-7-6-12(17)14(18)10-4-3-5-13(19-2)11(10)8-15/h3-5,12,14,17-18H,6-7H2,1-2H3. The van der Waals surface area contributed by atoms with Crippen LogP contribution in [0.3, 0.4) is 0 Å². The van der Waals surface area contributed by atoms with E-state index in [-0.39, 0.29) is 17.1 Å². The van der Waals surface area contributed by atoms with Crippen molar-refractivity contribution in [3.05, 3.63) is 29.3 Å². The molecule has 0 aliphatic rings. The minimum absolute atomic E-state index is 0.0363. The molecule has 0 aliphatic heterocycles.